The number of rotatable bonds is 8. The average molecular weight is 307 g/mol. The molecule has 4 heteroatoms. The molecule has 2 unspecified atom stereocenters. The van der Waals surface area contributed by atoms with Crippen molar-refractivity contribution in [3.63, 3.8) is 0 Å². The second kappa shape index (κ2) is 9.82. The number of aliphatic hydroxyl groups excluding tert-OH is 1. The van der Waals surface area contributed by atoms with Crippen molar-refractivity contribution in [2.24, 2.45) is 5.92 Å². The summed E-state index contributed by atoms with van der Waals surface area (Å²) in [6.07, 6.45) is 6.08. The molecule has 0 radical (unpaired) electrons. The first-order chi connectivity index (χ1) is 10.8. The van der Waals surface area contributed by atoms with E-state index in [2.05, 4.69) is 17.4 Å². The van der Waals surface area contributed by atoms with Crippen LogP contribution in [0, 0.1) is 5.92 Å². The van der Waals surface area contributed by atoms with E-state index in [1.165, 1.54) is 24.8 Å². The van der Waals surface area contributed by atoms with E-state index in [9.17, 15) is 5.11 Å². The molecule has 124 valence electrons. The summed E-state index contributed by atoms with van der Waals surface area (Å²) in [5.74, 6) is 1.28. The van der Waals surface area contributed by atoms with E-state index < -0.39 is 0 Å². The van der Waals surface area contributed by atoms with Crippen molar-refractivity contribution in [1.29, 1.82) is 0 Å². The van der Waals surface area contributed by atoms with E-state index in [0.29, 0.717) is 25.2 Å². The highest BCUT2D eigenvalue weighted by molar-refractivity contribution is 5.28. The van der Waals surface area contributed by atoms with Crippen molar-refractivity contribution < 1.29 is 14.6 Å². The van der Waals surface area contributed by atoms with Gasteiger partial charge in [0.1, 0.15) is 12.4 Å². The smallest absolute Gasteiger partial charge is 0.119 e. The van der Waals surface area contributed by atoms with Gasteiger partial charge in [0.2, 0.25) is 0 Å². The first kappa shape index (κ1) is 17.3. The van der Waals surface area contributed by atoms with Crippen LogP contribution < -0.4 is 10.1 Å². The fraction of sp³-hybridized carbons (Fsp3) is 0.667. The molecular formula is C18H29NO3. The molecular weight excluding hydrogens is 278 g/mol. The Bertz CT molecular complexity index is 425. The third-order valence-electron chi connectivity index (χ3n) is 4.42. The molecule has 1 aliphatic rings. The summed E-state index contributed by atoms with van der Waals surface area (Å²) >= 11 is 0. The van der Waals surface area contributed by atoms with Gasteiger partial charge in [-0.3, -0.25) is 0 Å². The number of nitrogens with one attached hydrogen (secondary N) is 1. The Morgan fingerprint density at radius 1 is 1.18 bits per heavy atom. The molecule has 4 nitrogen and oxygen atoms in total. The van der Waals surface area contributed by atoms with Crippen molar-refractivity contribution in [2.45, 2.75) is 44.7 Å². The number of hydrogen-bond acceptors (Lipinski definition) is 4. The monoisotopic (exact) mass is 307 g/mol. The van der Waals surface area contributed by atoms with Gasteiger partial charge in [0.05, 0.1) is 6.61 Å². The maximum Gasteiger partial charge on any atom is 0.119 e. The molecule has 1 aliphatic carbocycles. The molecule has 2 atom stereocenters. The van der Waals surface area contributed by atoms with Gasteiger partial charge < -0.3 is 19.9 Å². The van der Waals surface area contributed by atoms with Gasteiger partial charge in [-0.15, -0.1) is 0 Å². The molecule has 1 aromatic carbocycles. The Kier molecular flexibility index (Phi) is 7.71. The minimum Gasteiger partial charge on any atom is -0.491 e. The zero-order valence-electron chi connectivity index (χ0n) is 13.6. The first-order valence-electron chi connectivity index (χ1n) is 8.38. The zero-order chi connectivity index (χ0) is 15.6. The highest BCUT2D eigenvalue weighted by atomic mass is 16.5. The summed E-state index contributed by atoms with van der Waals surface area (Å²) in [5, 5.41) is 13.2. The van der Waals surface area contributed by atoms with Crippen molar-refractivity contribution in [1.82, 2.24) is 5.32 Å². The van der Waals surface area contributed by atoms with Crippen LogP contribution in [0.5, 0.6) is 5.75 Å². The average Bonchev–Trinajstić information content (AvgIpc) is 2.78. The second-order valence-corrected chi connectivity index (χ2v) is 6.06. The largest absolute Gasteiger partial charge is 0.491 e. The minimum absolute atomic E-state index is 0.290. The predicted molar refractivity (Wildman–Crippen MR) is 88.1 cm³/mol. The van der Waals surface area contributed by atoms with Gasteiger partial charge in [-0.1, -0.05) is 31.4 Å². The Balaban J connectivity index is 1.85. The summed E-state index contributed by atoms with van der Waals surface area (Å²) in [6, 6.07) is 8.61. The normalized spacial score (nSPS) is 22.3. The van der Waals surface area contributed by atoms with Crippen LogP contribution in [0.15, 0.2) is 24.3 Å². The van der Waals surface area contributed by atoms with Gasteiger partial charge in [-0.25, -0.2) is 0 Å². The number of benzene rings is 1. The summed E-state index contributed by atoms with van der Waals surface area (Å²) in [7, 11) is 1.67. The lowest BCUT2D eigenvalue weighted by atomic mass is 9.95. The Morgan fingerprint density at radius 2 is 2.05 bits per heavy atom. The van der Waals surface area contributed by atoms with Gasteiger partial charge >= 0.3 is 0 Å². The quantitative estimate of drug-likeness (QED) is 0.573. The third kappa shape index (κ3) is 5.59. The van der Waals surface area contributed by atoms with Gasteiger partial charge in [0.25, 0.3) is 0 Å². The number of aliphatic hydroxyl groups is 1. The first-order valence-corrected chi connectivity index (χ1v) is 8.38. The van der Waals surface area contributed by atoms with Gasteiger partial charge in [-0.05, 0) is 36.5 Å². The number of hydrogen-bond donors (Lipinski definition) is 2. The highest BCUT2D eigenvalue weighted by Crippen LogP contribution is 2.23. The Morgan fingerprint density at radius 3 is 2.86 bits per heavy atom. The van der Waals surface area contributed by atoms with Crippen LogP contribution >= 0.6 is 0 Å². The molecule has 0 saturated heterocycles. The van der Waals surface area contributed by atoms with Crippen molar-refractivity contribution >= 4 is 0 Å². The van der Waals surface area contributed by atoms with E-state index in [-0.39, 0.29) is 6.61 Å². The standard InChI is InChI=1S/C18H29NO3/c1-21-10-11-22-17-8-5-6-15(12-17)13-19-18-9-4-2-3-7-16(18)14-20/h5-6,8,12,16,18-20H,2-4,7,9-11,13-14H2,1H3. The fourth-order valence-electron chi connectivity index (χ4n) is 3.11. The molecule has 2 N–H and O–H groups in total. The van der Waals surface area contributed by atoms with Gasteiger partial charge in [0.15, 0.2) is 0 Å². The lowest BCUT2D eigenvalue weighted by molar-refractivity contribution is 0.146. The maximum atomic E-state index is 9.58. The Labute approximate surface area is 133 Å². The van der Waals surface area contributed by atoms with Gasteiger partial charge in [-0.2, -0.15) is 0 Å². The molecule has 0 heterocycles. The van der Waals surface area contributed by atoms with E-state index in [4.69, 9.17) is 9.47 Å². The van der Waals surface area contributed by atoms with Crippen LogP contribution in [0.25, 0.3) is 0 Å². The predicted octanol–water partition coefficient (Wildman–Crippen LogP) is 2.74. The summed E-state index contributed by atoms with van der Waals surface area (Å²) in [6.45, 7) is 2.28. The zero-order valence-corrected chi connectivity index (χ0v) is 13.6. The van der Waals surface area contributed by atoms with Crippen LogP contribution in [0.3, 0.4) is 0 Å². The van der Waals surface area contributed by atoms with E-state index >= 15 is 0 Å². The summed E-state index contributed by atoms with van der Waals surface area (Å²) in [4.78, 5) is 0. The van der Waals surface area contributed by atoms with Gasteiger partial charge in [0, 0.05) is 26.3 Å². The van der Waals surface area contributed by atoms with Crippen molar-refractivity contribution in [2.75, 3.05) is 26.9 Å². The molecule has 0 aromatic heterocycles. The Hall–Kier alpha value is -1.10. The van der Waals surface area contributed by atoms with Crippen LogP contribution in [-0.2, 0) is 11.3 Å². The summed E-state index contributed by atoms with van der Waals surface area (Å²) < 4.78 is 10.6. The molecule has 1 saturated carbocycles. The molecule has 1 fully saturated rings. The van der Waals surface area contributed by atoms with Crippen molar-refractivity contribution in [3.05, 3.63) is 29.8 Å². The topological polar surface area (TPSA) is 50.7 Å². The fourth-order valence-corrected chi connectivity index (χ4v) is 3.11. The maximum absolute atomic E-state index is 9.58. The molecule has 0 spiro atoms. The SMILES string of the molecule is COCCOc1cccc(CNC2CCCCCC2CO)c1. The lowest BCUT2D eigenvalue weighted by Gasteiger charge is -2.24. The van der Waals surface area contributed by atoms with Crippen molar-refractivity contribution in [3.8, 4) is 5.75 Å². The number of methoxy groups -OCH3 is 1. The van der Waals surface area contributed by atoms with Crippen LogP contribution in [0.2, 0.25) is 0 Å². The van der Waals surface area contributed by atoms with E-state index in [1.807, 2.05) is 12.1 Å². The van der Waals surface area contributed by atoms with E-state index in [0.717, 1.165) is 25.1 Å². The highest BCUT2D eigenvalue weighted by Gasteiger charge is 2.22. The molecule has 0 bridgehead atoms. The second-order valence-electron chi connectivity index (χ2n) is 6.06. The molecule has 22 heavy (non-hydrogen) atoms. The lowest BCUT2D eigenvalue weighted by Crippen LogP contribution is -2.36. The minimum atomic E-state index is 0.290. The summed E-state index contributed by atoms with van der Waals surface area (Å²) in [5.41, 5.74) is 1.22. The molecule has 1 aromatic rings. The third-order valence-corrected chi connectivity index (χ3v) is 4.42. The number of ether oxygens (including phenoxy) is 2. The van der Waals surface area contributed by atoms with Crippen LogP contribution in [-0.4, -0.2) is 38.1 Å². The van der Waals surface area contributed by atoms with Crippen LogP contribution in [0.4, 0.5) is 0 Å². The van der Waals surface area contributed by atoms with Crippen LogP contribution in [0.1, 0.15) is 37.7 Å². The molecule has 0 amide bonds. The molecule has 2 rings (SSSR count). The van der Waals surface area contributed by atoms with E-state index in [1.54, 1.807) is 7.11 Å². The molecule has 0 aliphatic heterocycles.